The minimum Gasteiger partial charge on any atom is -0.454 e. The fraction of sp³-hybridized carbons (Fsp3) is 0.160. The van der Waals surface area contributed by atoms with Crippen molar-refractivity contribution < 1.29 is 14.3 Å². The second-order valence-electron chi connectivity index (χ2n) is 7.71. The van der Waals surface area contributed by atoms with Crippen molar-refractivity contribution in [3.8, 4) is 11.5 Å². The van der Waals surface area contributed by atoms with E-state index >= 15 is 0 Å². The average molecular weight is 412 g/mol. The molecule has 0 saturated heterocycles. The normalized spacial score (nSPS) is 12.3. The van der Waals surface area contributed by atoms with Crippen LogP contribution in [-0.4, -0.2) is 22.1 Å². The summed E-state index contributed by atoms with van der Waals surface area (Å²) in [7, 11) is 0. The molecule has 3 heterocycles. The summed E-state index contributed by atoms with van der Waals surface area (Å²) >= 11 is 0. The molecule has 0 N–H and O–H groups in total. The van der Waals surface area contributed by atoms with Gasteiger partial charge in [-0.3, -0.25) is 14.6 Å². The van der Waals surface area contributed by atoms with E-state index in [0.29, 0.717) is 34.5 Å². The lowest BCUT2D eigenvalue weighted by molar-refractivity contribution is 0.103. The molecular formula is C25H20N2O4. The Morgan fingerprint density at radius 2 is 1.74 bits per heavy atom. The van der Waals surface area contributed by atoms with Crippen LogP contribution in [0.1, 0.15) is 32.6 Å². The fourth-order valence-electron chi connectivity index (χ4n) is 3.80. The van der Waals surface area contributed by atoms with E-state index in [0.717, 1.165) is 16.7 Å². The van der Waals surface area contributed by atoms with Crippen molar-refractivity contribution in [2.45, 2.75) is 20.4 Å². The first-order chi connectivity index (χ1) is 15.0. The predicted molar refractivity (Wildman–Crippen MR) is 117 cm³/mol. The quantitative estimate of drug-likeness (QED) is 0.474. The Balaban J connectivity index is 1.72. The summed E-state index contributed by atoms with van der Waals surface area (Å²) in [5.41, 5.74) is 4.09. The Labute approximate surface area is 178 Å². The molecular weight excluding hydrogens is 392 g/mol. The van der Waals surface area contributed by atoms with Gasteiger partial charge in [0.05, 0.1) is 16.5 Å². The van der Waals surface area contributed by atoms with Gasteiger partial charge in [0.1, 0.15) is 0 Å². The molecule has 31 heavy (non-hydrogen) atoms. The molecule has 0 saturated carbocycles. The molecule has 0 radical (unpaired) electrons. The summed E-state index contributed by atoms with van der Waals surface area (Å²) in [5, 5.41) is 0.424. The first kappa shape index (κ1) is 19.1. The van der Waals surface area contributed by atoms with Crippen LogP contribution in [0.15, 0.2) is 65.8 Å². The van der Waals surface area contributed by atoms with Crippen LogP contribution in [0.5, 0.6) is 11.5 Å². The van der Waals surface area contributed by atoms with Gasteiger partial charge < -0.3 is 14.0 Å². The second kappa shape index (κ2) is 7.40. The average Bonchev–Trinajstić information content (AvgIpc) is 3.24. The number of ketones is 1. The molecule has 0 aliphatic carbocycles. The van der Waals surface area contributed by atoms with Crippen molar-refractivity contribution in [3.05, 3.63) is 99.1 Å². The molecule has 5 rings (SSSR count). The molecule has 154 valence electrons. The van der Waals surface area contributed by atoms with Gasteiger partial charge in [0, 0.05) is 36.8 Å². The van der Waals surface area contributed by atoms with Gasteiger partial charge in [-0.15, -0.1) is 0 Å². The molecule has 1 aliphatic heterocycles. The van der Waals surface area contributed by atoms with Gasteiger partial charge in [-0.05, 0) is 54.8 Å². The van der Waals surface area contributed by atoms with Gasteiger partial charge in [-0.1, -0.05) is 12.1 Å². The van der Waals surface area contributed by atoms with Crippen LogP contribution in [0.4, 0.5) is 0 Å². The molecule has 6 heteroatoms. The summed E-state index contributed by atoms with van der Waals surface area (Å²) in [5.74, 6) is 0.801. The second-order valence-corrected chi connectivity index (χ2v) is 7.71. The molecule has 0 unspecified atom stereocenters. The van der Waals surface area contributed by atoms with E-state index in [-0.39, 0.29) is 23.6 Å². The predicted octanol–water partition coefficient (Wildman–Crippen LogP) is 4.02. The zero-order valence-corrected chi connectivity index (χ0v) is 17.2. The first-order valence-corrected chi connectivity index (χ1v) is 9.99. The SMILES string of the molecule is Cc1ccc(C(=O)c2cn(Cc3ccncc3)c3cc4c(cc3c2=O)OCO4)cc1C. The zero-order chi connectivity index (χ0) is 21.5. The maximum atomic E-state index is 13.4. The molecule has 1 aliphatic rings. The lowest BCUT2D eigenvalue weighted by atomic mass is 9.98. The summed E-state index contributed by atoms with van der Waals surface area (Å²) in [6.45, 7) is 4.53. The van der Waals surface area contributed by atoms with Gasteiger partial charge in [0.25, 0.3) is 0 Å². The van der Waals surface area contributed by atoms with E-state index in [1.54, 1.807) is 36.8 Å². The number of benzene rings is 2. The van der Waals surface area contributed by atoms with Crippen LogP contribution in [-0.2, 0) is 6.54 Å². The number of carbonyl (C=O) groups is 1. The summed E-state index contributed by atoms with van der Waals surface area (Å²) in [6, 6.07) is 12.8. The molecule has 0 spiro atoms. The van der Waals surface area contributed by atoms with Crippen LogP contribution in [0, 0.1) is 13.8 Å². The number of nitrogens with zero attached hydrogens (tertiary/aromatic N) is 2. The first-order valence-electron chi connectivity index (χ1n) is 9.99. The smallest absolute Gasteiger partial charge is 0.231 e. The highest BCUT2D eigenvalue weighted by molar-refractivity contribution is 6.10. The van der Waals surface area contributed by atoms with Gasteiger partial charge in [0.2, 0.25) is 12.2 Å². The van der Waals surface area contributed by atoms with Crippen molar-refractivity contribution in [1.29, 1.82) is 0 Å². The van der Waals surface area contributed by atoms with Crippen molar-refractivity contribution in [2.24, 2.45) is 0 Å². The van der Waals surface area contributed by atoms with Crippen molar-refractivity contribution in [3.63, 3.8) is 0 Å². The molecule has 4 aromatic rings. The minimum absolute atomic E-state index is 0.110. The van der Waals surface area contributed by atoms with Crippen LogP contribution in [0.2, 0.25) is 0 Å². The third kappa shape index (κ3) is 3.36. The maximum Gasteiger partial charge on any atom is 0.231 e. The number of aromatic nitrogens is 2. The Bertz CT molecular complexity index is 1390. The van der Waals surface area contributed by atoms with E-state index < -0.39 is 0 Å². The third-order valence-corrected chi connectivity index (χ3v) is 5.69. The van der Waals surface area contributed by atoms with Crippen LogP contribution < -0.4 is 14.9 Å². The Morgan fingerprint density at radius 1 is 1.00 bits per heavy atom. The van der Waals surface area contributed by atoms with Gasteiger partial charge in [-0.2, -0.15) is 0 Å². The molecule has 0 bridgehead atoms. The maximum absolute atomic E-state index is 13.4. The number of carbonyl (C=O) groups excluding carboxylic acids is 1. The van der Waals surface area contributed by atoms with E-state index in [1.165, 1.54) is 0 Å². The van der Waals surface area contributed by atoms with E-state index in [4.69, 9.17) is 9.47 Å². The summed E-state index contributed by atoms with van der Waals surface area (Å²) in [4.78, 5) is 30.8. The number of rotatable bonds is 4. The van der Waals surface area contributed by atoms with Crippen LogP contribution in [0.25, 0.3) is 10.9 Å². The van der Waals surface area contributed by atoms with Crippen molar-refractivity contribution in [1.82, 2.24) is 9.55 Å². The minimum atomic E-state index is -0.317. The molecule has 2 aromatic heterocycles. The Kier molecular flexibility index (Phi) is 4.55. The fourth-order valence-corrected chi connectivity index (χ4v) is 3.80. The Hall–Kier alpha value is -3.93. The van der Waals surface area contributed by atoms with Crippen molar-refractivity contribution in [2.75, 3.05) is 6.79 Å². The highest BCUT2D eigenvalue weighted by Crippen LogP contribution is 2.35. The molecule has 0 atom stereocenters. The molecule has 0 amide bonds. The summed E-state index contributed by atoms with van der Waals surface area (Å²) in [6.07, 6.45) is 5.08. The lowest BCUT2D eigenvalue weighted by Crippen LogP contribution is -2.20. The highest BCUT2D eigenvalue weighted by Gasteiger charge is 2.22. The largest absolute Gasteiger partial charge is 0.454 e. The zero-order valence-electron chi connectivity index (χ0n) is 17.2. The lowest BCUT2D eigenvalue weighted by Gasteiger charge is -2.14. The number of hydrogen-bond acceptors (Lipinski definition) is 5. The molecule has 2 aromatic carbocycles. The standard InChI is InChI=1S/C25H20N2O4/c1-15-3-4-18(9-16(15)2)24(28)20-13-27(12-17-5-7-26-8-6-17)21-11-23-22(30-14-31-23)10-19(21)25(20)29/h3-11,13H,12,14H2,1-2H3. The topological polar surface area (TPSA) is 70.4 Å². The number of aryl methyl sites for hydroxylation is 2. The van der Waals surface area contributed by atoms with E-state index in [9.17, 15) is 9.59 Å². The Morgan fingerprint density at radius 3 is 2.48 bits per heavy atom. The number of hydrogen-bond donors (Lipinski definition) is 0. The van der Waals surface area contributed by atoms with Gasteiger partial charge in [0.15, 0.2) is 17.3 Å². The molecule has 6 nitrogen and oxygen atoms in total. The highest BCUT2D eigenvalue weighted by atomic mass is 16.7. The van der Waals surface area contributed by atoms with Crippen molar-refractivity contribution >= 4 is 16.7 Å². The van der Waals surface area contributed by atoms with Crippen LogP contribution >= 0.6 is 0 Å². The number of ether oxygens (including phenoxy) is 2. The third-order valence-electron chi connectivity index (χ3n) is 5.69. The van der Waals surface area contributed by atoms with Gasteiger partial charge in [-0.25, -0.2) is 0 Å². The van der Waals surface area contributed by atoms with Gasteiger partial charge >= 0.3 is 0 Å². The summed E-state index contributed by atoms with van der Waals surface area (Å²) < 4.78 is 12.9. The van der Waals surface area contributed by atoms with E-state index in [2.05, 4.69) is 4.98 Å². The molecule has 0 fully saturated rings. The monoisotopic (exact) mass is 412 g/mol. The van der Waals surface area contributed by atoms with E-state index in [1.807, 2.05) is 42.7 Å². The number of fused-ring (bicyclic) bond motifs is 2. The van der Waals surface area contributed by atoms with Crippen LogP contribution in [0.3, 0.4) is 0 Å². The number of pyridine rings is 2.